The summed E-state index contributed by atoms with van der Waals surface area (Å²) >= 11 is 4.39. The summed E-state index contributed by atoms with van der Waals surface area (Å²) in [5, 5.41) is 0. The van der Waals surface area contributed by atoms with Gasteiger partial charge in [0.1, 0.15) is 0 Å². The molecule has 0 aromatic heterocycles. The molecule has 0 unspecified atom stereocenters. The van der Waals surface area contributed by atoms with Crippen molar-refractivity contribution in [2.45, 2.75) is 6.92 Å². The first-order chi connectivity index (χ1) is 1.41. The van der Waals surface area contributed by atoms with Crippen molar-refractivity contribution in [3.8, 4) is 0 Å². The molecule has 0 N–H and O–H groups in total. The van der Waals surface area contributed by atoms with E-state index < -0.39 is 0 Å². The van der Waals surface area contributed by atoms with Gasteiger partial charge in [-0.15, -0.1) is 0 Å². The van der Waals surface area contributed by atoms with Crippen molar-refractivity contribution >= 4 is 75.0 Å². The molecule has 0 rings (SSSR count). The number of hydrogen-bond donors (Lipinski definition) is 0. The Morgan fingerprint density at radius 1 is 1.60 bits per heavy atom. The van der Waals surface area contributed by atoms with E-state index in [1.165, 1.54) is 0 Å². The maximum Gasteiger partial charge on any atom is 2.00 e. The van der Waals surface area contributed by atoms with E-state index >= 15 is 0 Å². The summed E-state index contributed by atoms with van der Waals surface area (Å²) < 4.78 is 0. The van der Waals surface area contributed by atoms with Crippen LogP contribution in [-0.4, -0.2) is 54.6 Å². The van der Waals surface area contributed by atoms with Crippen LogP contribution < -0.4 is 0 Å². The summed E-state index contributed by atoms with van der Waals surface area (Å²) in [6.45, 7) is 1.94. The van der Waals surface area contributed by atoms with Crippen LogP contribution in [0.25, 0.3) is 0 Å². The van der Waals surface area contributed by atoms with Gasteiger partial charge in [0, 0.05) is 0 Å². The van der Waals surface area contributed by atoms with Crippen molar-refractivity contribution < 1.29 is 0 Å². The second-order valence-electron chi connectivity index (χ2n) is 0.289. The van der Waals surface area contributed by atoms with Crippen LogP contribution >= 0.6 is 0 Å². The van der Waals surface area contributed by atoms with Crippen LogP contribution in [-0.2, 0) is 26.1 Å². The van der Waals surface area contributed by atoms with Gasteiger partial charge in [0.05, 0.1) is 0 Å². The van der Waals surface area contributed by atoms with Gasteiger partial charge < -0.3 is 26.1 Å². The molecule has 0 fully saturated rings. The van der Waals surface area contributed by atoms with Gasteiger partial charge in [0.15, 0.2) is 0 Å². The summed E-state index contributed by atoms with van der Waals surface area (Å²) in [5.74, 6) is 0.833. The summed E-state index contributed by atoms with van der Waals surface area (Å²) in [6, 6.07) is 0. The molecule has 0 aromatic carbocycles. The van der Waals surface area contributed by atoms with Crippen molar-refractivity contribution in [2.24, 2.45) is 0 Å². The third-order valence-corrected chi connectivity index (χ3v) is 0. The van der Waals surface area contributed by atoms with Crippen molar-refractivity contribution in [3.05, 3.63) is 0 Å². The molecule has 5 heavy (non-hydrogen) atoms. The molecular formula is C2H6BaS2. The molecule has 0 spiro atoms. The van der Waals surface area contributed by atoms with Gasteiger partial charge in [0.2, 0.25) is 0 Å². The minimum atomic E-state index is 0. The van der Waals surface area contributed by atoms with E-state index in [0.29, 0.717) is 0 Å². The zero-order valence-electron chi connectivity index (χ0n) is 3.27. The maximum atomic E-state index is 4.39. The number of thiol groups is 1. The van der Waals surface area contributed by atoms with Gasteiger partial charge >= 0.3 is 48.9 Å². The number of hydrogen-bond acceptors (Lipinski definition) is 2. The van der Waals surface area contributed by atoms with Crippen molar-refractivity contribution in [1.29, 1.82) is 0 Å². The Labute approximate surface area is 86.0 Å². The molecule has 0 bridgehead atoms. The second-order valence-corrected chi connectivity index (χ2v) is 0.866. The molecule has 28 valence electrons. The van der Waals surface area contributed by atoms with E-state index in [4.69, 9.17) is 0 Å². The summed E-state index contributed by atoms with van der Waals surface area (Å²) in [7, 11) is 0. The molecule has 0 atom stereocenters. The van der Waals surface area contributed by atoms with Crippen LogP contribution in [0.4, 0.5) is 0 Å². The Bertz CT molecular complexity index is 7.61. The van der Waals surface area contributed by atoms with Crippen molar-refractivity contribution in [1.82, 2.24) is 0 Å². The fraction of sp³-hybridized carbons (Fsp3) is 1.00. The second kappa shape index (κ2) is 16.3. The Hall–Kier alpha value is 2.27. The molecule has 3 heteroatoms. The minimum absolute atomic E-state index is 0. The average molecular weight is 232 g/mol. The van der Waals surface area contributed by atoms with Gasteiger partial charge in [-0.25, -0.2) is 0 Å². The Morgan fingerprint density at radius 3 is 1.60 bits per heavy atom. The van der Waals surface area contributed by atoms with Gasteiger partial charge in [-0.3, -0.25) is 0 Å². The number of rotatable bonds is 0. The Kier molecular flexibility index (Phi) is 51.0. The first-order valence-electron chi connectivity index (χ1n) is 0.996. The smallest absolute Gasteiger partial charge is 0.813 e. The molecule has 0 saturated carbocycles. The SMILES string of the molecule is CC[S-].[Ba+2].[SH-]. The molecule has 0 saturated heterocycles. The molecule has 0 aromatic rings. The standard InChI is InChI=1S/C2H6S.Ba.H2S/c1-2-3;;/h3H,2H2,1H3;;1H2/q;+2;/p-2. The zero-order chi connectivity index (χ0) is 2.71. The van der Waals surface area contributed by atoms with E-state index in [2.05, 4.69) is 12.6 Å². The van der Waals surface area contributed by atoms with E-state index in [-0.39, 0.29) is 62.4 Å². The predicted octanol–water partition coefficient (Wildman–Crippen LogP) is -0.0977. The predicted molar refractivity (Wildman–Crippen MR) is 32.4 cm³/mol. The van der Waals surface area contributed by atoms with E-state index in [1.807, 2.05) is 6.92 Å². The van der Waals surface area contributed by atoms with E-state index in [9.17, 15) is 0 Å². The van der Waals surface area contributed by atoms with Gasteiger partial charge in [-0.2, -0.15) is 5.75 Å². The fourth-order valence-corrected chi connectivity index (χ4v) is 0. The molecule has 0 nitrogen and oxygen atoms in total. The van der Waals surface area contributed by atoms with Crippen LogP contribution in [0.5, 0.6) is 0 Å². The molecular weight excluding hydrogens is 225 g/mol. The first-order valence-corrected chi connectivity index (χ1v) is 1.57. The van der Waals surface area contributed by atoms with Crippen LogP contribution in [0.2, 0.25) is 0 Å². The third kappa shape index (κ3) is 22.2. The zero-order valence-corrected chi connectivity index (χ0v) is 9.42. The van der Waals surface area contributed by atoms with Crippen molar-refractivity contribution in [3.63, 3.8) is 0 Å². The fourth-order valence-electron chi connectivity index (χ4n) is 0. The third-order valence-electron chi connectivity index (χ3n) is 0. The van der Waals surface area contributed by atoms with Gasteiger partial charge in [-0.05, 0) is 0 Å². The van der Waals surface area contributed by atoms with Crippen LogP contribution in [0, 0.1) is 0 Å². The molecule has 0 aliphatic rings. The normalized spacial score (nSPS) is 3.60. The van der Waals surface area contributed by atoms with Crippen LogP contribution in [0.1, 0.15) is 6.92 Å². The van der Waals surface area contributed by atoms with Crippen LogP contribution in [0.15, 0.2) is 0 Å². The Balaban J connectivity index is -0.0000000200. The quantitative estimate of drug-likeness (QED) is 0.325. The summed E-state index contributed by atoms with van der Waals surface area (Å²) in [4.78, 5) is 0. The molecule has 0 aliphatic heterocycles. The maximum absolute atomic E-state index is 4.39. The summed E-state index contributed by atoms with van der Waals surface area (Å²) in [5.41, 5.74) is 0. The molecule has 0 amide bonds. The Morgan fingerprint density at radius 2 is 1.60 bits per heavy atom. The van der Waals surface area contributed by atoms with E-state index in [1.54, 1.807) is 0 Å². The minimum Gasteiger partial charge on any atom is -0.813 e. The largest absolute Gasteiger partial charge is 2.00 e. The van der Waals surface area contributed by atoms with Crippen LogP contribution in [0.3, 0.4) is 0 Å². The molecule has 0 heterocycles. The van der Waals surface area contributed by atoms with E-state index in [0.717, 1.165) is 5.75 Å². The first kappa shape index (κ1) is 15.7. The molecule has 0 aliphatic carbocycles. The van der Waals surface area contributed by atoms with Gasteiger partial charge in [0.25, 0.3) is 0 Å². The monoisotopic (exact) mass is 232 g/mol. The van der Waals surface area contributed by atoms with Gasteiger partial charge in [-0.1, -0.05) is 6.92 Å². The summed E-state index contributed by atoms with van der Waals surface area (Å²) in [6.07, 6.45) is 0. The average Bonchev–Trinajstić information content (AvgIpc) is 0.918. The van der Waals surface area contributed by atoms with Crippen molar-refractivity contribution in [2.75, 3.05) is 5.75 Å². The molecule has 0 radical (unpaired) electrons. The topological polar surface area (TPSA) is 0 Å².